The fourth-order valence-electron chi connectivity index (χ4n) is 4.43. The molecule has 3 heterocycles. The quantitative estimate of drug-likeness (QED) is 0.540. The summed E-state index contributed by atoms with van der Waals surface area (Å²) in [5.41, 5.74) is 8.36. The Kier molecular flexibility index (Phi) is 3.57. The first-order valence-electron chi connectivity index (χ1n) is 9.95. The minimum atomic E-state index is -0.148. The number of imidazole rings is 1. The standard InChI is InChI=1S/C24H26N4/c1-23(2)12-18-19(13-23)26-27-22(18)16-10-11-21-25-20(15-28(21)14-16)24(3,4)17-8-6-5-7-9-17/h5-11,14-15H,12-13H2,1-4H3,(H,26,27). The van der Waals surface area contributed by atoms with Crippen LogP contribution in [-0.2, 0) is 18.3 Å². The zero-order valence-corrected chi connectivity index (χ0v) is 17.0. The fraction of sp³-hybridized carbons (Fsp3) is 0.333. The maximum Gasteiger partial charge on any atom is 0.137 e. The molecule has 0 aliphatic heterocycles. The Morgan fingerprint density at radius 1 is 1.00 bits per heavy atom. The van der Waals surface area contributed by atoms with E-state index in [1.54, 1.807) is 0 Å². The molecule has 0 fully saturated rings. The third kappa shape index (κ3) is 2.67. The summed E-state index contributed by atoms with van der Waals surface area (Å²) in [6, 6.07) is 14.8. The second-order valence-corrected chi connectivity index (χ2v) is 9.35. The van der Waals surface area contributed by atoms with Gasteiger partial charge in [-0.1, -0.05) is 58.0 Å². The lowest BCUT2D eigenvalue weighted by molar-refractivity contribution is 0.388. The monoisotopic (exact) mass is 370 g/mol. The summed E-state index contributed by atoms with van der Waals surface area (Å²) in [5.74, 6) is 0. The third-order valence-electron chi connectivity index (χ3n) is 6.12. The molecule has 0 atom stereocenters. The van der Waals surface area contributed by atoms with Crippen LogP contribution in [0.1, 0.15) is 50.2 Å². The van der Waals surface area contributed by atoms with Gasteiger partial charge in [-0.05, 0) is 36.0 Å². The molecule has 1 aliphatic rings. The number of rotatable bonds is 3. The van der Waals surface area contributed by atoms with E-state index < -0.39 is 0 Å². The molecule has 4 aromatic rings. The van der Waals surface area contributed by atoms with Crippen molar-refractivity contribution >= 4 is 5.65 Å². The first-order chi connectivity index (χ1) is 13.3. The Morgan fingerprint density at radius 3 is 2.57 bits per heavy atom. The second kappa shape index (κ2) is 5.81. The number of aromatic nitrogens is 4. The van der Waals surface area contributed by atoms with Crippen LogP contribution in [0, 0.1) is 5.41 Å². The number of H-pyrrole nitrogens is 1. The Morgan fingerprint density at radius 2 is 1.79 bits per heavy atom. The van der Waals surface area contributed by atoms with Crippen LogP contribution in [0.25, 0.3) is 16.9 Å². The third-order valence-corrected chi connectivity index (χ3v) is 6.12. The van der Waals surface area contributed by atoms with E-state index in [0.717, 1.165) is 35.4 Å². The predicted octanol–water partition coefficient (Wildman–Crippen LogP) is 5.18. The molecule has 0 bridgehead atoms. The minimum absolute atomic E-state index is 0.148. The van der Waals surface area contributed by atoms with E-state index in [-0.39, 0.29) is 5.41 Å². The largest absolute Gasteiger partial charge is 0.306 e. The number of aromatic amines is 1. The maximum absolute atomic E-state index is 4.91. The Balaban J connectivity index is 1.56. The van der Waals surface area contributed by atoms with E-state index in [1.807, 2.05) is 0 Å². The Hall–Kier alpha value is -2.88. The van der Waals surface area contributed by atoms with Crippen LogP contribution in [0.5, 0.6) is 0 Å². The predicted molar refractivity (Wildman–Crippen MR) is 113 cm³/mol. The van der Waals surface area contributed by atoms with Gasteiger partial charge in [0.2, 0.25) is 0 Å². The highest BCUT2D eigenvalue weighted by Crippen LogP contribution is 2.40. The SMILES string of the molecule is CC1(C)Cc2[nH]nc(-c3ccc4nc(C(C)(C)c5ccccc5)cn4c3)c2C1. The molecule has 4 heteroatoms. The van der Waals surface area contributed by atoms with Crippen LogP contribution in [-0.4, -0.2) is 19.6 Å². The van der Waals surface area contributed by atoms with Crippen LogP contribution < -0.4 is 0 Å². The summed E-state index contributed by atoms with van der Waals surface area (Å²) in [6.07, 6.45) is 6.46. The van der Waals surface area contributed by atoms with Crippen molar-refractivity contribution in [2.75, 3.05) is 0 Å². The van der Waals surface area contributed by atoms with Gasteiger partial charge in [-0.2, -0.15) is 5.10 Å². The number of fused-ring (bicyclic) bond motifs is 2. The fourth-order valence-corrected chi connectivity index (χ4v) is 4.43. The Labute approximate surface area is 165 Å². The molecule has 28 heavy (non-hydrogen) atoms. The first-order valence-corrected chi connectivity index (χ1v) is 9.95. The number of benzene rings is 1. The summed E-state index contributed by atoms with van der Waals surface area (Å²) in [5, 5.41) is 7.89. The molecule has 0 amide bonds. The van der Waals surface area contributed by atoms with Crippen molar-refractivity contribution in [2.45, 2.75) is 46.0 Å². The van der Waals surface area contributed by atoms with Crippen LogP contribution >= 0.6 is 0 Å². The minimum Gasteiger partial charge on any atom is -0.306 e. The van der Waals surface area contributed by atoms with E-state index in [9.17, 15) is 0 Å². The van der Waals surface area contributed by atoms with E-state index in [0.29, 0.717) is 5.41 Å². The molecule has 1 aromatic carbocycles. The second-order valence-electron chi connectivity index (χ2n) is 9.35. The number of hydrogen-bond acceptors (Lipinski definition) is 2. The molecule has 1 N–H and O–H groups in total. The van der Waals surface area contributed by atoms with Crippen molar-refractivity contribution in [3.8, 4) is 11.3 Å². The topological polar surface area (TPSA) is 46.0 Å². The lowest BCUT2D eigenvalue weighted by Crippen LogP contribution is -2.19. The molecule has 4 nitrogen and oxygen atoms in total. The lowest BCUT2D eigenvalue weighted by atomic mass is 9.82. The normalized spacial score (nSPS) is 15.9. The van der Waals surface area contributed by atoms with Gasteiger partial charge in [-0.15, -0.1) is 0 Å². The summed E-state index contributed by atoms with van der Waals surface area (Å²) in [4.78, 5) is 4.91. The summed E-state index contributed by atoms with van der Waals surface area (Å²) < 4.78 is 2.14. The van der Waals surface area contributed by atoms with Gasteiger partial charge in [-0.3, -0.25) is 5.10 Å². The van der Waals surface area contributed by atoms with Crippen LogP contribution in [0.3, 0.4) is 0 Å². The number of nitrogens with one attached hydrogen (secondary N) is 1. The van der Waals surface area contributed by atoms with Crippen molar-refractivity contribution in [1.29, 1.82) is 0 Å². The van der Waals surface area contributed by atoms with Crippen molar-refractivity contribution in [2.24, 2.45) is 5.41 Å². The highest BCUT2D eigenvalue weighted by molar-refractivity contribution is 5.66. The molecule has 0 saturated carbocycles. The number of nitrogens with zero attached hydrogens (tertiary/aromatic N) is 3. The zero-order chi connectivity index (χ0) is 19.5. The van der Waals surface area contributed by atoms with Gasteiger partial charge in [0.05, 0.1) is 11.4 Å². The smallest absolute Gasteiger partial charge is 0.137 e. The van der Waals surface area contributed by atoms with Crippen LogP contribution in [0.4, 0.5) is 0 Å². The van der Waals surface area contributed by atoms with Crippen LogP contribution in [0.2, 0.25) is 0 Å². The van der Waals surface area contributed by atoms with Crippen molar-refractivity contribution < 1.29 is 0 Å². The average Bonchev–Trinajstić information content (AvgIpc) is 3.33. The van der Waals surface area contributed by atoms with Gasteiger partial charge in [0.25, 0.3) is 0 Å². The average molecular weight is 371 g/mol. The number of pyridine rings is 1. The molecular formula is C24H26N4. The molecule has 0 spiro atoms. The van der Waals surface area contributed by atoms with E-state index >= 15 is 0 Å². The van der Waals surface area contributed by atoms with E-state index in [1.165, 1.54) is 16.8 Å². The van der Waals surface area contributed by atoms with E-state index in [4.69, 9.17) is 4.98 Å². The van der Waals surface area contributed by atoms with Gasteiger partial charge in [-0.25, -0.2) is 4.98 Å². The van der Waals surface area contributed by atoms with Crippen LogP contribution in [0.15, 0.2) is 54.9 Å². The van der Waals surface area contributed by atoms with Gasteiger partial charge in [0.1, 0.15) is 5.65 Å². The van der Waals surface area contributed by atoms with Gasteiger partial charge >= 0.3 is 0 Å². The lowest BCUT2D eigenvalue weighted by Gasteiger charge is -2.22. The molecule has 142 valence electrons. The maximum atomic E-state index is 4.91. The Bertz CT molecular complexity index is 1160. The highest BCUT2D eigenvalue weighted by Gasteiger charge is 2.33. The van der Waals surface area contributed by atoms with E-state index in [2.05, 4.69) is 97.2 Å². The summed E-state index contributed by atoms with van der Waals surface area (Å²) >= 11 is 0. The molecule has 1 aliphatic carbocycles. The van der Waals surface area contributed by atoms with Gasteiger partial charge < -0.3 is 4.40 Å². The molecule has 5 rings (SSSR count). The number of hydrogen-bond donors (Lipinski definition) is 1. The van der Waals surface area contributed by atoms with Crippen molar-refractivity contribution in [3.63, 3.8) is 0 Å². The highest BCUT2D eigenvalue weighted by atomic mass is 15.1. The van der Waals surface area contributed by atoms with Gasteiger partial charge in [0, 0.05) is 34.6 Å². The first kappa shape index (κ1) is 17.2. The van der Waals surface area contributed by atoms with Gasteiger partial charge in [0.15, 0.2) is 0 Å². The summed E-state index contributed by atoms with van der Waals surface area (Å²) in [6.45, 7) is 9.10. The molecule has 3 aromatic heterocycles. The molecule has 0 radical (unpaired) electrons. The zero-order valence-electron chi connectivity index (χ0n) is 17.0. The summed E-state index contributed by atoms with van der Waals surface area (Å²) in [7, 11) is 0. The molecule has 0 saturated heterocycles. The molecule has 0 unspecified atom stereocenters. The van der Waals surface area contributed by atoms with Crippen molar-refractivity contribution in [3.05, 3.63) is 77.4 Å². The van der Waals surface area contributed by atoms with Crippen molar-refractivity contribution in [1.82, 2.24) is 19.6 Å². The molecular weight excluding hydrogens is 344 g/mol.